The maximum atomic E-state index is 12.1. The summed E-state index contributed by atoms with van der Waals surface area (Å²) in [5, 5.41) is 0.773. The van der Waals surface area contributed by atoms with E-state index in [9.17, 15) is 9.59 Å². The lowest BCUT2D eigenvalue weighted by Crippen LogP contribution is -2.28. The predicted octanol–water partition coefficient (Wildman–Crippen LogP) is 3.12. The summed E-state index contributed by atoms with van der Waals surface area (Å²) in [4.78, 5) is 28.3. The molecule has 0 saturated heterocycles. The Balaban J connectivity index is 2.10. The highest BCUT2D eigenvalue weighted by Gasteiger charge is 2.21. The van der Waals surface area contributed by atoms with Gasteiger partial charge in [-0.3, -0.25) is 9.59 Å². The van der Waals surface area contributed by atoms with Gasteiger partial charge in [0.15, 0.2) is 5.78 Å². The smallest absolute Gasteiger partial charge is 0.251 e. The molecule has 0 spiro atoms. The average Bonchev–Trinajstić information content (AvgIpc) is 2.46. The van der Waals surface area contributed by atoms with Gasteiger partial charge >= 0.3 is 0 Å². The van der Waals surface area contributed by atoms with Crippen LogP contribution in [0.2, 0.25) is 10.2 Å². The molecule has 3 rings (SSSR count). The summed E-state index contributed by atoms with van der Waals surface area (Å²) >= 11 is 12.0. The molecule has 0 fully saturated rings. The minimum absolute atomic E-state index is 0.0788. The van der Waals surface area contributed by atoms with Crippen LogP contribution in [0.3, 0.4) is 0 Å². The fourth-order valence-electron chi connectivity index (χ4n) is 2.59. The second kappa shape index (κ2) is 5.62. The van der Waals surface area contributed by atoms with Crippen molar-refractivity contribution in [2.45, 2.75) is 25.8 Å². The molecule has 2 aromatic heterocycles. The molecule has 2 heterocycles. The molecule has 0 N–H and O–H groups in total. The lowest BCUT2D eigenvalue weighted by molar-refractivity contribution is 0.0970. The lowest BCUT2D eigenvalue weighted by atomic mass is 9.94. The molecular formula is C15H12Cl2N2O2. The molecule has 0 saturated carbocycles. The third kappa shape index (κ3) is 2.74. The molecule has 0 unspecified atom stereocenters. The zero-order valence-corrected chi connectivity index (χ0v) is 12.6. The fraction of sp³-hybridized carbons (Fsp3) is 0.267. The molecule has 21 heavy (non-hydrogen) atoms. The van der Waals surface area contributed by atoms with Gasteiger partial charge in [0.1, 0.15) is 5.15 Å². The number of Topliss-reactive ketones (excluding diaryl/α,β-unsaturated/α-hetero) is 1. The van der Waals surface area contributed by atoms with Crippen molar-refractivity contribution in [1.82, 2.24) is 9.55 Å². The summed E-state index contributed by atoms with van der Waals surface area (Å²) in [6.45, 7) is 0.217. The molecule has 0 radical (unpaired) electrons. The van der Waals surface area contributed by atoms with Crippen molar-refractivity contribution in [2.75, 3.05) is 0 Å². The Labute approximate surface area is 131 Å². The van der Waals surface area contributed by atoms with Crippen LogP contribution in [0.15, 0.2) is 29.1 Å². The van der Waals surface area contributed by atoms with E-state index in [4.69, 9.17) is 23.2 Å². The normalized spacial score (nSPS) is 14.1. The van der Waals surface area contributed by atoms with Crippen molar-refractivity contribution in [1.29, 1.82) is 0 Å². The minimum atomic E-state index is -0.165. The number of ketones is 1. The maximum Gasteiger partial charge on any atom is 0.251 e. The van der Waals surface area contributed by atoms with Crippen molar-refractivity contribution >= 4 is 29.0 Å². The number of pyridine rings is 2. The van der Waals surface area contributed by atoms with Gasteiger partial charge in [0.25, 0.3) is 5.56 Å². The molecular weight excluding hydrogens is 311 g/mol. The summed E-state index contributed by atoms with van der Waals surface area (Å²) in [6.07, 6.45) is 1.99. The molecule has 1 aliphatic rings. The number of carbonyl (C=O) groups is 1. The van der Waals surface area contributed by atoms with Crippen molar-refractivity contribution in [3.63, 3.8) is 0 Å². The standard InChI is InChI=1S/C15H12Cl2N2O2/c16-10-5-6-14(17)18-11(10)8-19-12-2-1-3-13(20)9(12)4-7-15(19)21/h4-7H,1-3,8H2. The molecule has 108 valence electrons. The van der Waals surface area contributed by atoms with Crippen LogP contribution in [0.4, 0.5) is 0 Å². The van der Waals surface area contributed by atoms with Crippen LogP contribution >= 0.6 is 23.2 Å². The van der Waals surface area contributed by atoms with Crippen LogP contribution < -0.4 is 5.56 Å². The molecule has 0 bridgehead atoms. The van der Waals surface area contributed by atoms with Gasteiger partial charge in [-0.1, -0.05) is 23.2 Å². The lowest BCUT2D eigenvalue weighted by Gasteiger charge is -2.20. The maximum absolute atomic E-state index is 12.1. The Morgan fingerprint density at radius 1 is 1.10 bits per heavy atom. The first-order valence-corrected chi connectivity index (χ1v) is 7.38. The van der Waals surface area contributed by atoms with Gasteiger partial charge in [-0.15, -0.1) is 0 Å². The largest absolute Gasteiger partial charge is 0.306 e. The second-order valence-electron chi connectivity index (χ2n) is 4.96. The summed E-state index contributed by atoms with van der Waals surface area (Å²) < 4.78 is 1.57. The van der Waals surface area contributed by atoms with E-state index < -0.39 is 0 Å². The summed E-state index contributed by atoms with van der Waals surface area (Å²) in [5.74, 6) is 0.0788. The Kier molecular flexibility index (Phi) is 3.83. The summed E-state index contributed by atoms with van der Waals surface area (Å²) in [7, 11) is 0. The van der Waals surface area contributed by atoms with Crippen molar-refractivity contribution in [3.8, 4) is 0 Å². The van der Waals surface area contributed by atoms with E-state index in [1.165, 1.54) is 6.07 Å². The SMILES string of the molecule is O=C1CCCc2c1ccc(=O)n2Cc1nc(Cl)ccc1Cl. The van der Waals surface area contributed by atoms with Gasteiger partial charge in [0.05, 0.1) is 17.3 Å². The Morgan fingerprint density at radius 2 is 1.90 bits per heavy atom. The number of rotatable bonds is 2. The van der Waals surface area contributed by atoms with Crippen LogP contribution in [-0.4, -0.2) is 15.3 Å². The highest BCUT2D eigenvalue weighted by atomic mass is 35.5. The van der Waals surface area contributed by atoms with E-state index >= 15 is 0 Å². The Morgan fingerprint density at radius 3 is 2.71 bits per heavy atom. The van der Waals surface area contributed by atoms with Crippen LogP contribution in [0, 0.1) is 0 Å². The van der Waals surface area contributed by atoms with Crippen molar-refractivity contribution in [3.05, 3.63) is 61.7 Å². The van der Waals surface area contributed by atoms with Gasteiger partial charge < -0.3 is 4.57 Å². The van der Waals surface area contributed by atoms with Gasteiger partial charge in [-0.2, -0.15) is 0 Å². The van der Waals surface area contributed by atoms with Gasteiger partial charge in [-0.25, -0.2) is 4.98 Å². The third-order valence-electron chi connectivity index (χ3n) is 3.61. The zero-order valence-electron chi connectivity index (χ0n) is 11.1. The number of halogens is 2. The topological polar surface area (TPSA) is 52.0 Å². The van der Waals surface area contributed by atoms with Gasteiger partial charge in [0.2, 0.25) is 0 Å². The molecule has 2 aromatic rings. The van der Waals surface area contributed by atoms with Crippen LogP contribution in [0.5, 0.6) is 0 Å². The number of fused-ring (bicyclic) bond motifs is 1. The van der Waals surface area contributed by atoms with Crippen LogP contribution in [0.1, 0.15) is 34.6 Å². The van der Waals surface area contributed by atoms with Gasteiger partial charge in [0, 0.05) is 23.7 Å². The van der Waals surface area contributed by atoms with E-state index in [0.717, 1.165) is 12.1 Å². The summed E-state index contributed by atoms with van der Waals surface area (Å²) in [5.41, 5.74) is 1.74. The van der Waals surface area contributed by atoms with Crippen LogP contribution in [0.25, 0.3) is 0 Å². The average molecular weight is 323 g/mol. The first-order chi connectivity index (χ1) is 10.1. The monoisotopic (exact) mass is 322 g/mol. The molecule has 0 aromatic carbocycles. The number of hydrogen-bond donors (Lipinski definition) is 0. The molecule has 0 amide bonds. The van der Waals surface area contributed by atoms with E-state index in [0.29, 0.717) is 34.3 Å². The fourth-order valence-corrected chi connectivity index (χ4v) is 2.92. The first-order valence-electron chi connectivity index (χ1n) is 6.63. The highest BCUT2D eigenvalue weighted by molar-refractivity contribution is 6.32. The van der Waals surface area contributed by atoms with Crippen LogP contribution in [-0.2, 0) is 13.0 Å². The molecule has 1 aliphatic carbocycles. The Hall–Kier alpha value is -1.65. The third-order valence-corrected chi connectivity index (χ3v) is 4.16. The quantitative estimate of drug-likeness (QED) is 0.798. The van der Waals surface area contributed by atoms with Crippen molar-refractivity contribution in [2.24, 2.45) is 0 Å². The van der Waals surface area contributed by atoms with E-state index in [-0.39, 0.29) is 17.9 Å². The van der Waals surface area contributed by atoms with E-state index in [1.54, 1.807) is 22.8 Å². The zero-order chi connectivity index (χ0) is 15.0. The number of carbonyl (C=O) groups excluding carboxylic acids is 1. The predicted molar refractivity (Wildman–Crippen MR) is 81.3 cm³/mol. The second-order valence-corrected chi connectivity index (χ2v) is 5.75. The number of aromatic nitrogens is 2. The number of nitrogens with zero attached hydrogens (tertiary/aromatic N) is 2. The summed E-state index contributed by atoms with van der Waals surface area (Å²) in [6, 6.07) is 6.28. The first kappa shape index (κ1) is 14.3. The molecule has 6 heteroatoms. The van der Waals surface area contributed by atoms with E-state index in [2.05, 4.69) is 4.98 Å². The molecule has 0 atom stereocenters. The van der Waals surface area contributed by atoms with Gasteiger partial charge in [-0.05, 0) is 31.0 Å². The molecule has 4 nitrogen and oxygen atoms in total. The Bertz CT molecular complexity index is 784. The highest BCUT2D eigenvalue weighted by Crippen LogP contribution is 2.22. The van der Waals surface area contributed by atoms with E-state index in [1.807, 2.05) is 0 Å². The molecule has 0 aliphatic heterocycles. The van der Waals surface area contributed by atoms with Crippen molar-refractivity contribution < 1.29 is 4.79 Å². The minimum Gasteiger partial charge on any atom is -0.306 e. The number of hydrogen-bond acceptors (Lipinski definition) is 3.